The third-order valence-corrected chi connectivity index (χ3v) is 4.87. The summed E-state index contributed by atoms with van der Waals surface area (Å²) < 4.78 is 4.76. The first-order chi connectivity index (χ1) is 11.3. The van der Waals surface area contributed by atoms with Crippen molar-refractivity contribution in [3.63, 3.8) is 0 Å². The normalized spacial score (nSPS) is 22.8. The van der Waals surface area contributed by atoms with Gasteiger partial charge in [-0.2, -0.15) is 0 Å². The minimum atomic E-state index is 0.211. The van der Waals surface area contributed by atoms with Gasteiger partial charge in [0.05, 0.1) is 0 Å². The Morgan fingerprint density at radius 1 is 1.09 bits per heavy atom. The lowest BCUT2D eigenvalue weighted by Gasteiger charge is -2.33. The van der Waals surface area contributed by atoms with E-state index >= 15 is 0 Å². The van der Waals surface area contributed by atoms with Gasteiger partial charge in [0, 0.05) is 25.7 Å². The lowest BCUT2D eigenvalue weighted by Crippen LogP contribution is -2.38. The predicted octanol–water partition coefficient (Wildman–Crippen LogP) is 1.58. The SMILES string of the molecule is OCC1CCCN(c2nc3nonc3nc2NC2CCCC2)C1. The second kappa shape index (κ2) is 6.27. The topological polar surface area (TPSA) is 100 Å². The zero-order valence-electron chi connectivity index (χ0n) is 13.1. The summed E-state index contributed by atoms with van der Waals surface area (Å²) in [5.41, 5.74) is 0.869. The van der Waals surface area contributed by atoms with E-state index in [0.717, 1.165) is 50.4 Å². The number of rotatable bonds is 4. The molecule has 1 aliphatic heterocycles. The Hall–Kier alpha value is -1.96. The average molecular weight is 318 g/mol. The van der Waals surface area contributed by atoms with Crippen molar-refractivity contribution in [2.24, 2.45) is 5.92 Å². The van der Waals surface area contributed by atoms with E-state index in [1.165, 1.54) is 12.8 Å². The molecule has 0 amide bonds. The fourth-order valence-corrected chi connectivity index (χ4v) is 3.62. The molecule has 2 fully saturated rings. The van der Waals surface area contributed by atoms with E-state index in [0.29, 0.717) is 17.3 Å². The molecule has 23 heavy (non-hydrogen) atoms. The molecular weight excluding hydrogens is 296 g/mol. The van der Waals surface area contributed by atoms with E-state index in [-0.39, 0.29) is 12.5 Å². The van der Waals surface area contributed by atoms with Crippen LogP contribution in [-0.4, -0.2) is 51.1 Å². The number of piperidine rings is 1. The molecule has 1 atom stereocenters. The molecule has 1 saturated carbocycles. The van der Waals surface area contributed by atoms with Crippen molar-refractivity contribution in [2.45, 2.75) is 44.6 Å². The van der Waals surface area contributed by atoms with E-state index in [1.807, 2.05) is 0 Å². The largest absolute Gasteiger partial charge is 0.396 e. The summed E-state index contributed by atoms with van der Waals surface area (Å²) in [6.07, 6.45) is 6.93. The molecule has 8 heteroatoms. The Morgan fingerprint density at radius 3 is 2.65 bits per heavy atom. The highest BCUT2D eigenvalue weighted by Crippen LogP contribution is 2.30. The predicted molar refractivity (Wildman–Crippen MR) is 85.3 cm³/mol. The summed E-state index contributed by atoms with van der Waals surface area (Å²) in [6, 6.07) is 0.443. The Balaban J connectivity index is 1.67. The molecule has 1 saturated heterocycles. The number of nitrogens with one attached hydrogen (secondary N) is 1. The minimum absolute atomic E-state index is 0.211. The molecule has 1 unspecified atom stereocenters. The zero-order chi connectivity index (χ0) is 15.6. The van der Waals surface area contributed by atoms with Crippen LogP contribution in [0.15, 0.2) is 4.63 Å². The monoisotopic (exact) mass is 318 g/mol. The van der Waals surface area contributed by atoms with Crippen LogP contribution < -0.4 is 10.2 Å². The van der Waals surface area contributed by atoms with Gasteiger partial charge in [0.15, 0.2) is 11.6 Å². The quantitative estimate of drug-likeness (QED) is 0.876. The van der Waals surface area contributed by atoms with Crippen LogP contribution >= 0.6 is 0 Å². The first-order valence-corrected chi connectivity index (χ1v) is 8.46. The van der Waals surface area contributed by atoms with Gasteiger partial charge in [-0.1, -0.05) is 12.8 Å². The van der Waals surface area contributed by atoms with Crippen LogP contribution in [0.1, 0.15) is 38.5 Å². The maximum atomic E-state index is 9.48. The van der Waals surface area contributed by atoms with E-state index in [1.54, 1.807) is 0 Å². The van der Waals surface area contributed by atoms with Gasteiger partial charge in [-0.05, 0) is 41.9 Å². The van der Waals surface area contributed by atoms with Gasteiger partial charge >= 0.3 is 0 Å². The molecular formula is C15H22N6O2. The molecule has 0 bridgehead atoms. The molecule has 2 N–H and O–H groups in total. The van der Waals surface area contributed by atoms with Gasteiger partial charge in [-0.25, -0.2) is 14.6 Å². The number of aliphatic hydroxyl groups is 1. The van der Waals surface area contributed by atoms with Crippen LogP contribution in [0.25, 0.3) is 11.3 Å². The molecule has 0 radical (unpaired) electrons. The Bertz CT molecular complexity index is 669. The van der Waals surface area contributed by atoms with E-state index < -0.39 is 0 Å². The molecule has 4 rings (SSSR count). The maximum Gasteiger partial charge on any atom is 0.245 e. The summed E-state index contributed by atoms with van der Waals surface area (Å²) in [6.45, 7) is 1.92. The minimum Gasteiger partial charge on any atom is -0.396 e. The maximum absolute atomic E-state index is 9.48. The van der Waals surface area contributed by atoms with Crippen LogP contribution in [0, 0.1) is 5.92 Å². The van der Waals surface area contributed by atoms with Crippen molar-refractivity contribution in [3.8, 4) is 0 Å². The molecule has 8 nitrogen and oxygen atoms in total. The number of aromatic nitrogens is 4. The highest BCUT2D eigenvalue weighted by atomic mass is 16.6. The van der Waals surface area contributed by atoms with Crippen molar-refractivity contribution < 1.29 is 9.74 Å². The van der Waals surface area contributed by atoms with Crippen LogP contribution in [0.2, 0.25) is 0 Å². The van der Waals surface area contributed by atoms with Gasteiger partial charge in [0.2, 0.25) is 11.3 Å². The first kappa shape index (κ1) is 14.6. The number of hydrogen-bond acceptors (Lipinski definition) is 8. The van der Waals surface area contributed by atoms with E-state index in [2.05, 4.69) is 30.5 Å². The zero-order valence-corrected chi connectivity index (χ0v) is 13.1. The third-order valence-electron chi connectivity index (χ3n) is 4.87. The average Bonchev–Trinajstić information content (AvgIpc) is 3.25. The van der Waals surface area contributed by atoms with Gasteiger partial charge in [-0.3, -0.25) is 0 Å². The fourth-order valence-electron chi connectivity index (χ4n) is 3.62. The van der Waals surface area contributed by atoms with Crippen molar-refractivity contribution in [1.82, 2.24) is 20.3 Å². The summed E-state index contributed by atoms with van der Waals surface area (Å²) in [5.74, 6) is 1.85. The van der Waals surface area contributed by atoms with E-state index in [4.69, 9.17) is 4.63 Å². The Labute approximate surface area is 134 Å². The number of hydrogen-bond donors (Lipinski definition) is 2. The van der Waals surface area contributed by atoms with Crippen LogP contribution in [0.4, 0.5) is 11.6 Å². The molecule has 1 aliphatic carbocycles. The highest BCUT2D eigenvalue weighted by molar-refractivity contribution is 5.74. The molecule has 2 aromatic heterocycles. The second-order valence-corrected chi connectivity index (χ2v) is 6.57. The van der Waals surface area contributed by atoms with Crippen molar-refractivity contribution in [2.75, 3.05) is 29.9 Å². The van der Waals surface area contributed by atoms with Crippen LogP contribution in [0.3, 0.4) is 0 Å². The summed E-state index contributed by atoms with van der Waals surface area (Å²) in [7, 11) is 0. The lowest BCUT2D eigenvalue weighted by molar-refractivity contribution is 0.208. The summed E-state index contributed by atoms with van der Waals surface area (Å²) in [4.78, 5) is 11.4. The first-order valence-electron chi connectivity index (χ1n) is 8.46. The molecule has 2 aromatic rings. The van der Waals surface area contributed by atoms with Gasteiger partial charge in [0.1, 0.15) is 0 Å². The van der Waals surface area contributed by atoms with Crippen LogP contribution in [-0.2, 0) is 0 Å². The number of anilines is 2. The standard InChI is InChI=1S/C15H22N6O2/c22-9-10-4-3-7-21(8-10)15-14(16-11-5-1-2-6-11)17-12-13(18-15)20-23-19-12/h10-11,22H,1-9H2,(H,16,17,19). The van der Waals surface area contributed by atoms with E-state index in [9.17, 15) is 5.11 Å². The fraction of sp³-hybridized carbons (Fsp3) is 0.733. The summed E-state index contributed by atoms with van der Waals surface area (Å²) >= 11 is 0. The van der Waals surface area contributed by atoms with Crippen molar-refractivity contribution in [3.05, 3.63) is 0 Å². The number of fused-ring (bicyclic) bond motifs is 1. The number of nitrogens with zero attached hydrogens (tertiary/aromatic N) is 5. The Kier molecular flexibility index (Phi) is 3.99. The van der Waals surface area contributed by atoms with Crippen molar-refractivity contribution >= 4 is 22.9 Å². The molecule has 0 spiro atoms. The molecule has 2 aliphatic rings. The number of aliphatic hydroxyl groups excluding tert-OH is 1. The Morgan fingerprint density at radius 2 is 1.87 bits per heavy atom. The smallest absolute Gasteiger partial charge is 0.245 e. The summed E-state index contributed by atoms with van der Waals surface area (Å²) in [5, 5.41) is 20.6. The molecule has 3 heterocycles. The second-order valence-electron chi connectivity index (χ2n) is 6.57. The highest BCUT2D eigenvalue weighted by Gasteiger charge is 2.26. The molecule has 124 valence electrons. The molecule has 0 aromatic carbocycles. The third kappa shape index (κ3) is 2.95. The van der Waals surface area contributed by atoms with Crippen LogP contribution in [0.5, 0.6) is 0 Å². The van der Waals surface area contributed by atoms with Gasteiger partial charge < -0.3 is 15.3 Å². The lowest BCUT2D eigenvalue weighted by atomic mass is 9.99. The van der Waals surface area contributed by atoms with Crippen molar-refractivity contribution in [1.29, 1.82) is 0 Å². The van der Waals surface area contributed by atoms with Gasteiger partial charge in [0.25, 0.3) is 0 Å². The van der Waals surface area contributed by atoms with Gasteiger partial charge in [-0.15, -0.1) is 0 Å².